The number of rotatable bonds is 5. The summed E-state index contributed by atoms with van der Waals surface area (Å²) in [6, 6.07) is 1.30. The van der Waals surface area contributed by atoms with Crippen LogP contribution >= 0.6 is 15.9 Å². The smallest absolute Gasteiger partial charge is 0.292 e. The molecule has 2 rings (SSSR count). The first-order valence-electron chi connectivity index (χ1n) is 7.59. The van der Waals surface area contributed by atoms with Crippen LogP contribution in [0.3, 0.4) is 0 Å². The van der Waals surface area contributed by atoms with E-state index in [1.54, 1.807) is 0 Å². The van der Waals surface area contributed by atoms with Gasteiger partial charge < -0.3 is 0 Å². The molecule has 1 fully saturated rings. The van der Waals surface area contributed by atoms with Crippen LogP contribution in [-0.2, 0) is 11.0 Å². The van der Waals surface area contributed by atoms with Gasteiger partial charge >= 0.3 is 6.18 Å². The van der Waals surface area contributed by atoms with Crippen molar-refractivity contribution in [3.8, 4) is 0 Å². The zero-order valence-electron chi connectivity index (χ0n) is 13.7. The number of halogens is 4. The summed E-state index contributed by atoms with van der Waals surface area (Å²) in [6.07, 6.45) is -4.71. The Morgan fingerprint density at radius 2 is 2.00 bits per heavy atom. The van der Waals surface area contributed by atoms with E-state index in [0.29, 0.717) is 12.1 Å². The molecule has 1 aromatic carbocycles. The van der Waals surface area contributed by atoms with Gasteiger partial charge in [-0.1, -0.05) is 29.8 Å². The second kappa shape index (κ2) is 7.76. The van der Waals surface area contributed by atoms with E-state index < -0.39 is 34.3 Å². The molecule has 0 radical (unpaired) electrons. The number of amides is 1. The molecule has 0 bridgehead atoms. The van der Waals surface area contributed by atoms with Crippen molar-refractivity contribution < 1.29 is 22.9 Å². The second-order valence-electron chi connectivity index (χ2n) is 6.08. The first-order valence-corrected chi connectivity index (χ1v) is 8.50. The van der Waals surface area contributed by atoms with Gasteiger partial charge in [0.05, 0.1) is 15.3 Å². The van der Waals surface area contributed by atoms with Gasteiger partial charge in [-0.2, -0.15) is 13.2 Å². The van der Waals surface area contributed by atoms with E-state index in [2.05, 4.69) is 37.6 Å². The van der Waals surface area contributed by atoms with Gasteiger partial charge in [-0.15, -0.1) is 0 Å². The zero-order valence-corrected chi connectivity index (χ0v) is 15.3. The van der Waals surface area contributed by atoms with E-state index in [-0.39, 0.29) is 22.5 Å². The molecule has 0 spiro atoms. The maximum atomic E-state index is 12.7. The number of hydrogen-bond acceptors (Lipinski definition) is 6. The highest BCUT2D eigenvalue weighted by atomic mass is 79.9. The van der Waals surface area contributed by atoms with Crippen molar-refractivity contribution in [2.24, 2.45) is 5.92 Å². The summed E-state index contributed by atoms with van der Waals surface area (Å²) in [5, 5.41) is 11.0. The van der Waals surface area contributed by atoms with Crippen LogP contribution in [0.2, 0.25) is 0 Å². The molecule has 1 heterocycles. The molecule has 26 heavy (non-hydrogen) atoms. The quantitative estimate of drug-likeness (QED) is 0.318. The first kappa shape index (κ1) is 20.4. The lowest BCUT2D eigenvalue weighted by Crippen LogP contribution is -2.47. The van der Waals surface area contributed by atoms with Crippen molar-refractivity contribution in [3.63, 3.8) is 0 Å². The van der Waals surface area contributed by atoms with Crippen LogP contribution in [0.4, 0.5) is 24.5 Å². The van der Waals surface area contributed by atoms with Gasteiger partial charge in [0.2, 0.25) is 0 Å². The zero-order chi connectivity index (χ0) is 19.6. The van der Waals surface area contributed by atoms with Crippen LogP contribution in [0.15, 0.2) is 18.2 Å². The Hall–Kier alpha value is -1.92. The number of nitro benzene ring substituents is 1. The van der Waals surface area contributed by atoms with Crippen LogP contribution < -0.4 is 21.7 Å². The molecular weight excluding hydrogens is 423 g/mol. The van der Waals surface area contributed by atoms with Gasteiger partial charge in [0.15, 0.2) is 0 Å². The van der Waals surface area contributed by atoms with Crippen molar-refractivity contribution in [2.45, 2.75) is 36.9 Å². The van der Waals surface area contributed by atoms with E-state index in [4.69, 9.17) is 0 Å². The number of benzene rings is 1. The molecule has 4 N–H and O–H groups in total. The molecule has 1 aliphatic rings. The number of anilines is 1. The molecule has 1 aliphatic heterocycles. The minimum atomic E-state index is -4.71. The topological polar surface area (TPSA) is 108 Å². The number of alkyl halides is 4. The molecule has 1 amide bonds. The number of nitro groups is 1. The molecule has 3 atom stereocenters. The van der Waals surface area contributed by atoms with Gasteiger partial charge in [0.25, 0.3) is 11.6 Å². The highest BCUT2D eigenvalue weighted by Gasteiger charge is 2.40. The number of hydrogen-bond donors (Lipinski definition) is 4. The molecule has 144 valence electrons. The molecule has 0 aromatic heterocycles. The Morgan fingerprint density at radius 3 is 2.50 bits per heavy atom. The number of hydrazine groups is 2. The van der Waals surface area contributed by atoms with Gasteiger partial charge in [0.1, 0.15) is 11.7 Å². The van der Waals surface area contributed by atoms with Gasteiger partial charge in [-0.3, -0.25) is 31.2 Å². The highest BCUT2D eigenvalue weighted by molar-refractivity contribution is 9.09. The Bertz CT molecular complexity index is 701. The lowest BCUT2D eigenvalue weighted by atomic mass is 9.99. The van der Waals surface area contributed by atoms with Gasteiger partial charge in [0, 0.05) is 12.1 Å². The van der Waals surface area contributed by atoms with Crippen LogP contribution in [0.1, 0.15) is 19.4 Å². The maximum absolute atomic E-state index is 12.7. The van der Waals surface area contributed by atoms with E-state index in [0.717, 1.165) is 6.07 Å². The third-order valence-corrected chi connectivity index (χ3v) is 5.01. The minimum Gasteiger partial charge on any atom is -0.292 e. The molecular formula is C14H17BrF3N5O3. The van der Waals surface area contributed by atoms with Gasteiger partial charge in [-0.05, 0) is 18.1 Å². The summed E-state index contributed by atoms with van der Waals surface area (Å²) in [7, 11) is 0. The summed E-state index contributed by atoms with van der Waals surface area (Å²) >= 11 is 3.42. The minimum absolute atomic E-state index is 0.0221. The van der Waals surface area contributed by atoms with E-state index >= 15 is 0 Å². The largest absolute Gasteiger partial charge is 0.416 e. The molecule has 0 saturated carbocycles. The molecule has 1 aromatic rings. The lowest BCUT2D eigenvalue weighted by molar-refractivity contribution is -0.384. The third kappa shape index (κ3) is 4.43. The van der Waals surface area contributed by atoms with E-state index in [1.807, 2.05) is 13.8 Å². The van der Waals surface area contributed by atoms with Crippen LogP contribution in [-0.4, -0.2) is 27.7 Å². The Morgan fingerprint density at radius 1 is 1.35 bits per heavy atom. The van der Waals surface area contributed by atoms with Crippen molar-refractivity contribution >= 4 is 33.2 Å². The monoisotopic (exact) mass is 439 g/mol. The predicted molar refractivity (Wildman–Crippen MR) is 91.3 cm³/mol. The number of carbonyl (C=O) groups is 1. The van der Waals surface area contributed by atoms with E-state index in [9.17, 15) is 28.1 Å². The van der Waals surface area contributed by atoms with Crippen LogP contribution in [0.5, 0.6) is 0 Å². The Labute approximate surface area is 155 Å². The summed E-state index contributed by atoms with van der Waals surface area (Å²) in [5.74, 6) is -0.301. The number of carbonyl (C=O) groups excluding carboxylic acids is 1. The average Bonchev–Trinajstić information content (AvgIpc) is 2.93. The summed E-state index contributed by atoms with van der Waals surface area (Å²) in [5.41, 5.74) is 8.17. The molecule has 3 unspecified atom stereocenters. The fourth-order valence-corrected chi connectivity index (χ4v) is 3.58. The lowest BCUT2D eigenvalue weighted by Gasteiger charge is -2.19. The van der Waals surface area contributed by atoms with E-state index in [1.165, 1.54) is 0 Å². The fraction of sp³-hybridized carbons (Fsp3) is 0.500. The van der Waals surface area contributed by atoms with Crippen LogP contribution in [0.25, 0.3) is 0 Å². The SMILES string of the molecule is CC(C)C1NNC(C(=O)NNc2ccc(C(F)(F)F)cc2[N+](=O)[O-])C1Br. The second-order valence-corrected chi connectivity index (χ2v) is 7.14. The van der Waals surface area contributed by atoms with Crippen molar-refractivity contribution in [1.82, 2.24) is 16.3 Å². The van der Waals surface area contributed by atoms with Crippen molar-refractivity contribution in [3.05, 3.63) is 33.9 Å². The molecule has 8 nitrogen and oxygen atoms in total. The average molecular weight is 440 g/mol. The highest BCUT2D eigenvalue weighted by Crippen LogP contribution is 2.34. The normalized spacial score (nSPS) is 23.1. The van der Waals surface area contributed by atoms with Crippen LogP contribution in [0, 0.1) is 16.0 Å². The molecule has 0 aliphatic carbocycles. The van der Waals surface area contributed by atoms with Crippen molar-refractivity contribution in [2.75, 3.05) is 5.43 Å². The number of nitrogens with one attached hydrogen (secondary N) is 4. The third-order valence-electron chi connectivity index (χ3n) is 3.91. The summed E-state index contributed by atoms with van der Waals surface area (Å²) in [4.78, 5) is 22.1. The van der Waals surface area contributed by atoms with Crippen molar-refractivity contribution in [1.29, 1.82) is 0 Å². The molecule has 1 saturated heterocycles. The predicted octanol–water partition coefficient (Wildman–Crippen LogP) is 2.32. The van der Waals surface area contributed by atoms with Gasteiger partial charge in [-0.25, -0.2) is 5.43 Å². The standard InChI is InChI=1S/C14H17BrF3N5O3/c1-6(2)11-10(15)12(21-20-11)13(24)22-19-8-4-3-7(14(16,17)18)5-9(8)23(25)26/h3-6,10-12,19-21H,1-2H3,(H,22,24). The fourth-order valence-electron chi connectivity index (χ4n) is 2.47. The summed E-state index contributed by atoms with van der Waals surface area (Å²) < 4.78 is 38.1. The first-order chi connectivity index (χ1) is 12.0. The Balaban J connectivity index is 2.10. The maximum Gasteiger partial charge on any atom is 0.416 e. The Kier molecular flexibility index (Phi) is 6.09. The molecule has 12 heteroatoms. The summed E-state index contributed by atoms with van der Waals surface area (Å²) in [6.45, 7) is 3.94. The number of nitrogens with zero attached hydrogens (tertiary/aromatic N) is 1.